The molecule has 2 aliphatic carbocycles. The average Bonchev–Trinajstić information content (AvgIpc) is 3.23. The Kier molecular flexibility index (Phi) is 6.02. The van der Waals surface area contributed by atoms with E-state index in [0.29, 0.717) is 27.6 Å². The maximum Gasteiger partial charge on any atom is 0.228 e. The van der Waals surface area contributed by atoms with Gasteiger partial charge in [0.15, 0.2) is 0 Å². The summed E-state index contributed by atoms with van der Waals surface area (Å²) in [6, 6.07) is 5.27. The van der Waals surface area contributed by atoms with Crippen LogP contribution in [0.4, 0.5) is 5.69 Å². The van der Waals surface area contributed by atoms with E-state index in [9.17, 15) is 4.79 Å². The highest BCUT2D eigenvalue weighted by atomic mass is 35.5. The lowest BCUT2D eigenvalue weighted by atomic mass is 10.1. The van der Waals surface area contributed by atoms with Gasteiger partial charge in [-0.25, -0.2) is 0 Å². The second kappa shape index (κ2) is 8.22. The van der Waals surface area contributed by atoms with Crippen LogP contribution in [0.15, 0.2) is 42.5 Å². The molecule has 0 saturated heterocycles. The van der Waals surface area contributed by atoms with Crippen molar-refractivity contribution in [2.75, 3.05) is 5.32 Å². The summed E-state index contributed by atoms with van der Waals surface area (Å²) in [6.45, 7) is 0. The average molecular weight is 364 g/mol. The molecule has 0 aliphatic heterocycles. The second-order valence-corrected chi connectivity index (χ2v) is 7.43. The molecule has 1 unspecified atom stereocenters. The molecule has 0 radical (unpaired) electrons. The Hall–Kier alpha value is -1.25. The fourth-order valence-electron chi connectivity index (χ4n) is 3.69. The maximum absolute atomic E-state index is 12.7. The molecular formula is C20H23Cl2NO. The number of allylic oxidation sites excluding steroid dienone is 4. The summed E-state index contributed by atoms with van der Waals surface area (Å²) < 4.78 is 0. The Morgan fingerprint density at radius 1 is 0.875 bits per heavy atom. The van der Waals surface area contributed by atoms with E-state index in [1.165, 1.54) is 0 Å². The van der Waals surface area contributed by atoms with Crippen molar-refractivity contribution in [2.45, 2.75) is 38.5 Å². The Morgan fingerprint density at radius 2 is 1.38 bits per heavy atom. The predicted molar refractivity (Wildman–Crippen MR) is 102 cm³/mol. The van der Waals surface area contributed by atoms with Crippen molar-refractivity contribution in [3.63, 3.8) is 0 Å². The van der Waals surface area contributed by atoms with Gasteiger partial charge >= 0.3 is 0 Å². The number of para-hydroxylation sites is 1. The normalized spacial score (nSPS) is 29.5. The molecule has 128 valence electrons. The van der Waals surface area contributed by atoms with Gasteiger partial charge in [0.1, 0.15) is 0 Å². The van der Waals surface area contributed by atoms with Crippen LogP contribution in [0, 0.1) is 17.8 Å². The van der Waals surface area contributed by atoms with Crippen LogP contribution in [0.1, 0.15) is 38.5 Å². The Balaban J connectivity index is 1.66. The summed E-state index contributed by atoms with van der Waals surface area (Å²) in [5, 5.41) is 3.93. The molecule has 3 atom stereocenters. The number of carbonyl (C=O) groups excluding carboxylic acids is 1. The minimum Gasteiger partial charge on any atom is -0.323 e. The molecule has 1 aromatic rings. The smallest absolute Gasteiger partial charge is 0.228 e. The van der Waals surface area contributed by atoms with E-state index in [1.807, 2.05) is 0 Å². The summed E-state index contributed by atoms with van der Waals surface area (Å²) in [6.07, 6.45) is 15.5. The number of hydrogen-bond acceptors (Lipinski definition) is 1. The molecule has 0 bridgehead atoms. The van der Waals surface area contributed by atoms with E-state index in [1.54, 1.807) is 18.2 Å². The van der Waals surface area contributed by atoms with Crippen LogP contribution in [-0.4, -0.2) is 5.91 Å². The van der Waals surface area contributed by atoms with Gasteiger partial charge in [-0.2, -0.15) is 0 Å². The minimum absolute atomic E-state index is 0.0582. The molecule has 4 heteroatoms. The highest BCUT2D eigenvalue weighted by Crippen LogP contribution is 2.53. The predicted octanol–water partition coefficient (Wildman–Crippen LogP) is 6.26. The van der Waals surface area contributed by atoms with Crippen molar-refractivity contribution in [1.82, 2.24) is 0 Å². The van der Waals surface area contributed by atoms with Gasteiger partial charge in [-0.3, -0.25) is 4.79 Å². The third-order valence-corrected chi connectivity index (χ3v) is 5.64. The van der Waals surface area contributed by atoms with Gasteiger partial charge in [-0.15, -0.1) is 0 Å². The van der Waals surface area contributed by atoms with E-state index < -0.39 is 0 Å². The highest BCUT2D eigenvalue weighted by molar-refractivity contribution is 6.39. The lowest BCUT2D eigenvalue weighted by Gasteiger charge is -2.09. The van der Waals surface area contributed by atoms with Crippen molar-refractivity contribution < 1.29 is 4.79 Å². The topological polar surface area (TPSA) is 29.1 Å². The molecule has 1 amide bonds. The Bertz CT molecular complexity index is 609. The minimum atomic E-state index is 0.0582. The molecule has 0 heterocycles. The second-order valence-electron chi connectivity index (χ2n) is 6.61. The fraction of sp³-hybridized carbons (Fsp3) is 0.450. The van der Waals surface area contributed by atoms with Crippen LogP contribution in [0.25, 0.3) is 0 Å². The van der Waals surface area contributed by atoms with Crippen LogP contribution < -0.4 is 5.32 Å². The van der Waals surface area contributed by atoms with Gasteiger partial charge < -0.3 is 5.32 Å². The standard InChI is InChI=1S/C20H23Cl2NO/c21-16-12-9-13-17(22)19(16)23-20(24)18-14-10-7-5-3-1-2-4-6-8-11-15(14)18/h3-6,9,12-15,18H,1-2,7-8,10-11H2,(H,23,24)/b5-3+,6-4+/t14-,15+,18?. The molecule has 0 aromatic heterocycles. The van der Waals surface area contributed by atoms with E-state index in [2.05, 4.69) is 29.6 Å². The van der Waals surface area contributed by atoms with Crippen molar-refractivity contribution in [1.29, 1.82) is 0 Å². The first-order chi connectivity index (χ1) is 11.7. The summed E-state index contributed by atoms with van der Waals surface area (Å²) in [5.41, 5.74) is 0.535. The molecule has 24 heavy (non-hydrogen) atoms. The summed E-state index contributed by atoms with van der Waals surface area (Å²) >= 11 is 12.3. The third-order valence-electron chi connectivity index (χ3n) is 5.01. The molecule has 3 rings (SSSR count). The zero-order valence-corrected chi connectivity index (χ0v) is 15.2. The van der Waals surface area contributed by atoms with E-state index in [4.69, 9.17) is 23.2 Å². The highest BCUT2D eigenvalue weighted by Gasteiger charge is 2.52. The van der Waals surface area contributed by atoms with E-state index in [-0.39, 0.29) is 11.8 Å². The maximum atomic E-state index is 12.7. The molecule has 1 aromatic carbocycles. The molecule has 2 aliphatic rings. The SMILES string of the molecule is O=C(Nc1c(Cl)cccc1Cl)C1[C@H]2CC/C=C/CC/C=C/CC[C@@H]12. The first-order valence-electron chi connectivity index (χ1n) is 8.73. The molecule has 0 spiro atoms. The molecule has 1 saturated carbocycles. The zero-order valence-electron chi connectivity index (χ0n) is 13.7. The van der Waals surface area contributed by atoms with E-state index >= 15 is 0 Å². The number of hydrogen-bond donors (Lipinski definition) is 1. The first-order valence-corrected chi connectivity index (χ1v) is 9.49. The molecule has 1 N–H and O–H groups in total. The number of rotatable bonds is 2. The molecule has 2 nitrogen and oxygen atoms in total. The van der Waals surface area contributed by atoms with Crippen molar-refractivity contribution in [2.24, 2.45) is 17.8 Å². The summed E-state index contributed by atoms with van der Waals surface area (Å²) in [7, 11) is 0. The lowest BCUT2D eigenvalue weighted by molar-refractivity contribution is -0.117. The molecule has 1 fully saturated rings. The van der Waals surface area contributed by atoms with Gasteiger partial charge in [-0.1, -0.05) is 53.6 Å². The summed E-state index contributed by atoms with van der Waals surface area (Å²) in [5.74, 6) is 1.09. The number of nitrogens with one attached hydrogen (secondary N) is 1. The number of anilines is 1. The Labute approximate surface area is 153 Å². The molecular weight excluding hydrogens is 341 g/mol. The fourth-order valence-corrected chi connectivity index (χ4v) is 4.18. The van der Waals surface area contributed by atoms with Crippen LogP contribution >= 0.6 is 23.2 Å². The van der Waals surface area contributed by atoms with Gasteiger partial charge in [0, 0.05) is 5.92 Å². The van der Waals surface area contributed by atoms with Crippen LogP contribution in [0.5, 0.6) is 0 Å². The van der Waals surface area contributed by atoms with Crippen molar-refractivity contribution >= 4 is 34.8 Å². The monoisotopic (exact) mass is 363 g/mol. The largest absolute Gasteiger partial charge is 0.323 e. The first kappa shape index (κ1) is 17.6. The number of amides is 1. The van der Waals surface area contributed by atoms with Gasteiger partial charge in [0.25, 0.3) is 0 Å². The summed E-state index contributed by atoms with van der Waals surface area (Å²) in [4.78, 5) is 12.7. The van der Waals surface area contributed by atoms with Crippen LogP contribution in [0.2, 0.25) is 10.0 Å². The van der Waals surface area contributed by atoms with Gasteiger partial charge in [-0.05, 0) is 62.5 Å². The van der Waals surface area contributed by atoms with E-state index in [0.717, 1.165) is 38.5 Å². The number of benzene rings is 1. The quantitative estimate of drug-likeness (QED) is 0.617. The van der Waals surface area contributed by atoms with Crippen molar-refractivity contribution in [3.8, 4) is 0 Å². The Morgan fingerprint density at radius 3 is 1.92 bits per heavy atom. The van der Waals surface area contributed by atoms with Crippen molar-refractivity contribution in [3.05, 3.63) is 52.5 Å². The third kappa shape index (κ3) is 4.23. The van der Waals surface area contributed by atoms with Crippen LogP contribution in [0.3, 0.4) is 0 Å². The van der Waals surface area contributed by atoms with Gasteiger partial charge in [0.2, 0.25) is 5.91 Å². The number of carbonyl (C=O) groups is 1. The zero-order chi connectivity index (χ0) is 16.9. The number of fused-ring (bicyclic) bond motifs is 1. The lowest BCUT2D eigenvalue weighted by Crippen LogP contribution is -2.16. The van der Waals surface area contributed by atoms with Gasteiger partial charge in [0.05, 0.1) is 15.7 Å². The number of halogens is 2. The van der Waals surface area contributed by atoms with Crippen LogP contribution in [-0.2, 0) is 4.79 Å².